The van der Waals surface area contributed by atoms with E-state index in [4.69, 9.17) is 14.7 Å². The van der Waals surface area contributed by atoms with Gasteiger partial charge >= 0.3 is 0 Å². The number of aromatic nitrogens is 2. The zero-order valence-electron chi connectivity index (χ0n) is 19.1. The highest BCUT2D eigenvalue weighted by molar-refractivity contribution is 8.00. The summed E-state index contributed by atoms with van der Waals surface area (Å²) in [5.74, 6) is 1.01. The lowest BCUT2D eigenvalue weighted by molar-refractivity contribution is -0.113. The molecule has 0 fully saturated rings. The van der Waals surface area contributed by atoms with Crippen molar-refractivity contribution in [3.63, 3.8) is 0 Å². The van der Waals surface area contributed by atoms with Crippen LogP contribution in [0.3, 0.4) is 0 Å². The first-order chi connectivity index (χ1) is 16.1. The Balaban J connectivity index is 1.59. The van der Waals surface area contributed by atoms with E-state index < -0.39 is 0 Å². The summed E-state index contributed by atoms with van der Waals surface area (Å²) in [5, 5.41) is 3.86. The van der Waals surface area contributed by atoms with E-state index in [-0.39, 0.29) is 11.7 Å². The SMILES string of the molecule is CCc1cccc(C)c1NC(=O)CSc1nc2ccccc2nc1Cc1ccccc1OC. The lowest BCUT2D eigenvalue weighted by Crippen LogP contribution is -2.16. The highest BCUT2D eigenvalue weighted by Crippen LogP contribution is 2.28. The lowest BCUT2D eigenvalue weighted by Gasteiger charge is -2.14. The molecule has 168 valence electrons. The van der Waals surface area contributed by atoms with Crippen molar-refractivity contribution in [1.82, 2.24) is 9.97 Å². The highest BCUT2D eigenvalue weighted by Gasteiger charge is 2.15. The fraction of sp³-hybridized carbons (Fsp3) is 0.222. The number of ether oxygens (including phenoxy) is 1. The number of anilines is 1. The quantitative estimate of drug-likeness (QED) is 0.337. The fourth-order valence-corrected chi connectivity index (χ4v) is 4.58. The smallest absolute Gasteiger partial charge is 0.234 e. The molecule has 1 aromatic heterocycles. The van der Waals surface area contributed by atoms with Gasteiger partial charge in [-0.25, -0.2) is 9.97 Å². The third-order valence-electron chi connectivity index (χ3n) is 5.50. The van der Waals surface area contributed by atoms with Crippen LogP contribution in [-0.4, -0.2) is 28.7 Å². The Morgan fingerprint density at radius 3 is 2.39 bits per heavy atom. The monoisotopic (exact) mass is 457 g/mol. The number of nitrogens with zero attached hydrogens (tertiary/aromatic N) is 2. The van der Waals surface area contributed by atoms with Gasteiger partial charge in [0.05, 0.1) is 29.6 Å². The number of amides is 1. The van der Waals surface area contributed by atoms with Gasteiger partial charge in [-0.15, -0.1) is 0 Å². The summed E-state index contributed by atoms with van der Waals surface area (Å²) in [6.45, 7) is 4.11. The molecule has 0 saturated carbocycles. The van der Waals surface area contributed by atoms with Gasteiger partial charge in [0.15, 0.2) is 0 Å². The molecule has 0 aliphatic carbocycles. The number of aryl methyl sites for hydroxylation is 2. The molecule has 4 rings (SSSR count). The van der Waals surface area contributed by atoms with E-state index in [2.05, 4.69) is 18.3 Å². The van der Waals surface area contributed by atoms with Gasteiger partial charge in [-0.1, -0.05) is 67.2 Å². The van der Waals surface area contributed by atoms with E-state index in [0.29, 0.717) is 6.42 Å². The lowest BCUT2D eigenvalue weighted by atomic mass is 10.1. The van der Waals surface area contributed by atoms with Crippen molar-refractivity contribution in [2.75, 3.05) is 18.2 Å². The molecule has 0 saturated heterocycles. The van der Waals surface area contributed by atoms with Gasteiger partial charge in [-0.05, 0) is 42.7 Å². The summed E-state index contributed by atoms with van der Waals surface area (Å²) in [6, 6.07) is 21.8. The van der Waals surface area contributed by atoms with Gasteiger partial charge in [0.1, 0.15) is 10.8 Å². The summed E-state index contributed by atoms with van der Waals surface area (Å²) in [4.78, 5) is 22.6. The second kappa shape index (κ2) is 10.5. The van der Waals surface area contributed by atoms with E-state index in [0.717, 1.165) is 56.3 Å². The number of nitrogens with one attached hydrogen (secondary N) is 1. The molecule has 1 N–H and O–H groups in total. The fourth-order valence-electron chi connectivity index (χ4n) is 3.79. The molecule has 0 spiro atoms. The predicted molar refractivity (Wildman–Crippen MR) is 135 cm³/mol. The van der Waals surface area contributed by atoms with Crippen LogP contribution in [0.1, 0.15) is 29.3 Å². The Morgan fingerprint density at radius 1 is 0.939 bits per heavy atom. The van der Waals surface area contributed by atoms with E-state index >= 15 is 0 Å². The molecule has 3 aromatic carbocycles. The number of para-hydroxylation sites is 4. The molecule has 0 unspecified atom stereocenters. The topological polar surface area (TPSA) is 64.1 Å². The molecule has 33 heavy (non-hydrogen) atoms. The number of hydrogen-bond donors (Lipinski definition) is 1. The van der Waals surface area contributed by atoms with Crippen molar-refractivity contribution in [1.29, 1.82) is 0 Å². The van der Waals surface area contributed by atoms with Gasteiger partial charge in [-0.2, -0.15) is 0 Å². The number of benzene rings is 3. The molecule has 0 radical (unpaired) electrons. The average molecular weight is 458 g/mol. The minimum absolute atomic E-state index is 0.0535. The third kappa shape index (κ3) is 5.34. The minimum atomic E-state index is -0.0535. The Morgan fingerprint density at radius 2 is 1.64 bits per heavy atom. The first-order valence-corrected chi connectivity index (χ1v) is 12.0. The average Bonchev–Trinajstić information content (AvgIpc) is 2.84. The number of fused-ring (bicyclic) bond motifs is 1. The molecule has 0 aliphatic rings. The molecule has 6 heteroatoms. The van der Waals surface area contributed by atoms with Crippen LogP contribution in [0.4, 0.5) is 5.69 Å². The van der Waals surface area contributed by atoms with E-state index in [9.17, 15) is 4.79 Å². The summed E-state index contributed by atoms with van der Waals surface area (Å²) in [6.07, 6.45) is 1.44. The molecular formula is C27H27N3O2S. The van der Waals surface area contributed by atoms with Gasteiger partial charge in [0, 0.05) is 17.7 Å². The van der Waals surface area contributed by atoms with Crippen molar-refractivity contribution in [3.05, 3.63) is 89.1 Å². The molecule has 1 amide bonds. The van der Waals surface area contributed by atoms with Crippen molar-refractivity contribution in [3.8, 4) is 5.75 Å². The van der Waals surface area contributed by atoms with E-state index in [1.54, 1.807) is 7.11 Å². The van der Waals surface area contributed by atoms with Crippen LogP contribution < -0.4 is 10.1 Å². The number of hydrogen-bond acceptors (Lipinski definition) is 5. The van der Waals surface area contributed by atoms with E-state index in [1.165, 1.54) is 11.8 Å². The van der Waals surface area contributed by atoms with Crippen LogP contribution in [0, 0.1) is 6.92 Å². The second-order valence-electron chi connectivity index (χ2n) is 7.75. The first-order valence-electron chi connectivity index (χ1n) is 11.0. The Kier molecular flexibility index (Phi) is 7.25. The predicted octanol–water partition coefficient (Wildman–Crippen LogP) is 5.83. The van der Waals surface area contributed by atoms with Crippen LogP contribution in [0.5, 0.6) is 5.75 Å². The van der Waals surface area contributed by atoms with Gasteiger partial charge in [0.25, 0.3) is 0 Å². The molecule has 0 bridgehead atoms. The highest BCUT2D eigenvalue weighted by atomic mass is 32.2. The number of carbonyl (C=O) groups excluding carboxylic acids is 1. The Bertz CT molecular complexity index is 1290. The summed E-state index contributed by atoms with van der Waals surface area (Å²) in [5.41, 5.74) is 6.62. The molecule has 1 heterocycles. The third-order valence-corrected chi connectivity index (χ3v) is 6.51. The van der Waals surface area contributed by atoms with Crippen LogP contribution in [0.2, 0.25) is 0 Å². The summed E-state index contributed by atoms with van der Waals surface area (Å²) >= 11 is 1.41. The largest absolute Gasteiger partial charge is 0.496 e. The number of methoxy groups -OCH3 is 1. The molecule has 0 aliphatic heterocycles. The van der Waals surface area contributed by atoms with Crippen molar-refractivity contribution >= 4 is 34.4 Å². The van der Waals surface area contributed by atoms with Crippen LogP contribution in [-0.2, 0) is 17.6 Å². The number of rotatable bonds is 8. The van der Waals surface area contributed by atoms with Crippen molar-refractivity contribution in [2.45, 2.75) is 31.7 Å². The summed E-state index contributed by atoms with van der Waals surface area (Å²) in [7, 11) is 1.67. The molecule has 4 aromatic rings. The Hall–Kier alpha value is -3.38. The van der Waals surface area contributed by atoms with Gasteiger partial charge in [0.2, 0.25) is 5.91 Å². The summed E-state index contributed by atoms with van der Waals surface area (Å²) < 4.78 is 5.52. The zero-order valence-corrected chi connectivity index (χ0v) is 19.9. The van der Waals surface area contributed by atoms with E-state index in [1.807, 2.05) is 67.6 Å². The number of thioether (sulfide) groups is 1. The molecule has 5 nitrogen and oxygen atoms in total. The normalized spacial score (nSPS) is 10.9. The maximum atomic E-state index is 12.8. The van der Waals surface area contributed by atoms with Crippen molar-refractivity contribution < 1.29 is 9.53 Å². The minimum Gasteiger partial charge on any atom is -0.496 e. The van der Waals surface area contributed by atoms with Crippen LogP contribution in [0.15, 0.2) is 71.8 Å². The molecular weight excluding hydrogens is 430 g/mol. The van der Waals surface area contributed by atoms with Gasteiger partial charge < -0.3 is 10.1 Å². The van der Waals surface area contributed by atoms with Crippen molar-refractivity contribution in [2.24, 2.45) is 0 Å². The zero-order chi connectivity index (χ0) is 23.2. The number of carbonyl (C=O) groups is 1. The Labute approximate surface area is 198 Å². The molecule has 0 atom stereocenters. The van der Waals surface area contributed by atoms with Crippen LogP contribution >= 0.6 is 11.8 Å². The second-order valence-corrected chi connectivity index (χ2v) is 8.72. The first kappa shape index (κ1) is 22.8. The standard InChI is InChI=1S/C27H27N3O2S/c1-4-19-12-9-10-18(2)26(19)30-25(31)17-33-27-23(16-20-11-5-8-15-24(20)32-3)28-21-13-6-7-14-22(21)29-27/h5-15H,4,16-17H2,1-3H3,(H,30,31). The maximum Gasteiger partial charge on any atom is 0.234 e. The van der Waals surface area contributed by atoms with Gasteiger partial charge in [-0.3, -0.25) is 4.79 Å². The van der Waals surface area contributed by atoms with Crippen LogP contribution in [0.25, 0.3) is 11.0 Å². The maximum absolute atomic E-state index is 12.8.